The second-order valence-corrected chi connectivity index (χ2v) is 7.57. The minimum absolute atomic E-state index is 0.0900. The van der Waals surface area contributed by atoms with Crippen molar-refractivity contribution in [1.29, 1.82) is 0 Å². The molecule has 2 fully saturated rings. The Labute approximate surface area is 168 Å². The van der Waals surface area contributed by atoms with Crippen molar-refractivity contribution >= 4 is 23.4 Å². The first-order chi connectivity index (χ1) is 13.6. The third kappa shape index (κ3) is 4.36. The van der Waals surface area contributed by atoms with Gasteiger partial charge in [-0.15, -0.1) is 0 Å². The van der Waals surface area contributed by atoms with Crippen molar-refractivity contribution in [1.82, 2.24) is 20.0 Å². The van der Waals surface area contributed by atoms with Crippen molar-refractivity contribution in [3.63, 3.8) is 0 Å². The lowest BCUT2D eigenvalue weighted by Crippen LogP contribution is -2.40. The molecule has 0 atom stereocenters. The highest BCUT2D eigenvalue weighted by Gasteiger charge is 2.31. The molecule has 7 nitrogen and oxygen atoms in total. The SMILES string of the molecule is O=C(Cn1nc(C(=O)N2CCOCC2)cc1C1CC1)NCc1ccccc1Cl. The molecular weight excluding hydrogens is 380 g/mol. The summed E-state index contributed by atoms with van der Waals surface area (Å²) in [5, 5.41) is 7.96. The van der Waals surface area contributed by atoms with Gasteiger partial charge in [-0.25, -0.2) is 0 Å². The molecule has 2 aliphatic rings. The number of nitrogens with zero attached hydrogens (tertiary/aromatic N) is 3. The lowest BCUT2D eigenvalue weighted by atomic mass is 10.2. The molecular formula is C20H23ClN4O3. The highest BCUT2D eigenvalue weighted by molar-refractivity contribution is 6.31. The number of carbonyl (C=O) groups excluding carboxylic acids is 2. The fourth-order valence-electron chi connectivity index (χ4n) is 3.33. The van der Waals surface area contributed by atoms with E-state index in [1.165, 1.54) is 0 Å². The molecule has 148 valence electrons. The first-order valence-corrected chi connectivity index (χ1v) is 9.94. The van der Waals surface area contributed by atoms with Crippen LogP contribution in [0.1, 0.15) is 40.5 Å². The number of hydrogen-bond donors (Lipinski definition) is 1. The monoisotopic (exact) mass is 402 g/mol. The van der Waals surface area contributed by atoms with Gasteiger partial charge in [0.25, 0.3) is 5.91 Å². The third-order valence-electron chi connectivity index (χ3n) is 5.05. The van der Waals surface area contributed by atoms with Crippen LogP contribution in [-0.4, -0.2) is 52.8 Å². The van der Waals surface area contributed by atoms with E-state index in [1.807, 2.05) is 24.3 Å². The highest BCUT2D eigenvalue weighted by atomic mass is 35.5. The quantitative estimate of drug-likeness (QED) is 0.803. The lowest BCUT2D eigenvalue weighted by molar-refractivity contribution is -0.122. The molecule has 0 spiro atoms. The summed E-state index contributed by atoms with van der Waals surface area (Å²) in [5.41, 5.74) is 2.23. The molecule has 1 aliphatic carbocycles. The summed E-state index contributed by atoms with van der Waals surface area (Å²) in [4.78, 5) is 26.9. The van der Waals surface area contributed by atoms with Gasteiger partial charge in [0.1, 0.15) is 6.54 Å². The van der Waals surface area contributed by atoms with E-state index in [1.54, 1.807) is 15.6 Å². The van der Waals surface area contributed by atoms with Gasteiger partial charge in [0.15, 0.2) is 5.69 Å². The molecule has 0 unspecified atom stereocenters. The van der Waals surface area contributed by atoms with Gasteiger partial charge in [0, 0.05) is 36.3 Å². The Bertz CT molecular complexity index is 872. The molecule has 0 bridgehead atoms. The van der Waals surface area contributed by atoms with Gasteiger partial charge in [0.05, 0.1) is 13.2 Å². The Balaban J connectivity index is 1.43. The number of nitrogens with one attached hydrogen (secondary N) is 1. The maximum absolute atomic E-state index is 12.7. The first kappa shape index (κ1) is 19.0. The average molecular weight is 403 g/mol. The lowest BCUT2D eigenvalue weighted by Gasteiger charge is -2.25. The Hall–Kier alpha value is -2.38. The molecule has 1 aromatic carbocycles. The fourth-order valence-corrected chi connectivity index (χ4v) is 3.53. The van der Waals surface area contributed by atoms with Crippen molar-refractivity contribution < 1.29 is 14.3 Å². The van der Waals surface area contributed by atoms with Gasteiger partial charge in [-0.05, 0) is 30.5 Å². The molecule has 1 aromatic heterocycles. The van der Waals surface area contributed by atoms with Crippen molar-refractivity contribution in [3.8, 4) is 0 Å². The highest BCUT2D eigenvalue weighted by Crippen LogP contribution is 2.40. The van der Waals surface area contributed by atoms with Crippen molar-refractivity contribution in [2.45, 2.75) is 31.8 Å². The summed E-state index contributed by atoms with van der Waals surface area (Å²) in [6.07, 6.45) is 2.14. The normalized spacial score (nSPS) is 16.8. The number of morpholine rings is 1. The second kappa shape index (κ2) is 8.32. The van der Waals surface area contributed by atoms with Crippen molar-refractivity contribution in [2.75, 3.05) is 26.3 Å². The zero-order valence-corrected chi connectivity index (χ0v) is 16.3. The van der Waals surface area contributed by atoms with Crippen LogP contribution in [0.4, 0.5) is 0 Å². The Morgan fingerprint density at radius 3 is 2.68 bits per heavy atom. The molecule has 8 heteroatoms. The van der Waals surface area contributed by atoms with Gasteiger partial charge < -0.3 is 15.0 Å². The second-order valence-electron chi connectivity index (χ2n) is 7.16. The molecule has 4 rings (SSSR count). The molecule has 1 N–H and O–H groups in total. The molecule has 28 heavy (non-hydrogen) atoms. The van der Waals surface area contributed by atoms with Crippen molar-refractivity contribution in [3.05, 3.63) is 52.3 Å². The van der Waals surface area contributed by atoms with Gasteiger partial charge in [0.2, 0.25) is 5.91 Å². The Morgan fingerprint density at radius 2 is 1.96 bits per heavy atom. The zero-order valence-electron chi connectivity index (χ0n) is 15.6. The van der Waals surface area contributed by atoms with E-state index >= 15 is 0 Å². The molecule has 0 radical (unpaired) electrons. The van der Waals surface area contributed by atoms with Gasteiger partial charge >= 0.3 is 0 Å². The van der Waals surface area contributed by atoms with Crippen LogP contribution in [0.25, 0.3) is 0 Å². The predicted molar refractivity (Wildman–Crippen MR) is 104 cm³/mol. The molecule has 2 amide bonds. The summed E-state index contributed by atoms with van der Waals surface area (Å²) >= 11 is 6.14. The van der Waals surface area contributed by atoms with Crippen LogP contribution in [0.15, 0.2) is 30.3 Å². The van der Waals surface area contributed by atoms with E-state index in [2.05, 4.69) is 10.4 Å². The minimum atomic E-state index is -0.157. The molecule has 1 saturated heterocycles. The summed E-state index contributed by atoms with van der Waals surface area (Å²) in [6.45, 7) is 2.69. The van der Waals surface area contributed by atoms with E-state index in [-0.39, 0.29) is 18.4 Å². The van der Waals surface area contributed by atoms with Crippen LogP contribution >= 0.6 is 11.6 Å². The van der Waals surface area contributed by atoms with Crippen LogP contribution in [0.2, 0.25) is 5.02 Å². The van der Waals surface area contributed by atoms with Crippen LogP contribution in [-0.2, 0) is 22.6 Å². The topological polar surface area (TPSA) is 76.5 Å². The number of ether oxygens (including phenoxy) is 1. The number of amides is 2. The van der Waals surface area contributed by atoms with Crippen molar-refractivity contribution in [2.24, 2.45) is 0 Å². The maximum atomic E-state index is 12.7. The summed E-state index contributed by atoms with van der Waals surface area (Å²) in [5.74, 6) is 0.130. The Kier molecular flexibility index (Phi) is 5.64. The van der Waals surface area contributed by atoms with Crippen LogP contribution < -0.4 is 5.32 Å². The number of aromatic nitrogens is 2. The largest absolute Gasteiger partial charge is 0.378 e. The molecule has 1 saturated carbocycles. The van der Waals surface area contributed by atoms with Crippen LogP contribution in [0.5, 0.6) is 0 Å². The van der Waals surface area contributed by atoms with E-state index in [0.717, 1.165) is 24.1 Å². The number of hydrogen-bond acceptors (Lipinski definition) is 4. The average Bonchev–Trinajstić information content (AvgIpc) is 3.48. The standard InChI is InChI=1S/C20H23ClN4O3/c21-16-4-2-1-3-15(16)12-22-19(26)13-25-18(14-5-6-14)11-17(23-25)20(27)24-7-9-28-10-8-24/h1-4,11,14H,5-10,12-13H2,(H,22,26). The smallest absolute Gasteiger partial charge is 0.274 e. The number of halogens is 1. The van der Waals surface area contributed by atoms with Gasteiger partial charge in [-0.1, -0.05) is 29.8 Å². The van der Waals surface area contributed by atoms with E-state index in [4.69, 9.17) is 16.3 Å². The summed E-state index contributed by atoms with van der Waals surface area (Å²) in [7, 11) is 0. The van der Waals surface area contributed by atoms with Crippen LogP contribution in [0, 0.1) is 0 Å². The first-order valence-electron chi connectivity index (χ1n) is 9.56. The molecule has 2 aromatic rings. The van der Waals surface area contributed by atoms with Crippen LogP contribution in [0.3, 0.4) is 0 Å². The van der Waals surface area contributed by atoms with E-state index < -0.39 is 0 Å². The number of benzene rings is 1. The van der Waals surface area contributed by atoms with E-state index in [0.29, 0.717) is 49.5 Å². The molecule has 1 aliphatic heterocycles. The fraction of sp³-hybridized carbons (Fsp3) is 0.450. The summed E-state index contributed by atoms with van der Waals surface area (Å²) < 4.78 is 6.98. The summed E-state index contributed by atoms with van der Waals surface area (Å²) in [6, 6.07) is 9.26. The maximum Gasteiger partial charge on any atom is 0.274 e. The third-order valence-corrected chi connectivity index (χ3v) is 5.42. The van der Waals surface area contributed by atoms with Gasteiger partial charge in [-0.2, -0.15) is 5.10 Å². The minimum Gasteiger partial charge on any atom is -0.378 e. The Morgan fingerprint density at radius 1 is 1.21 bits per heavy atom. The van der Waals surface area contributed by atoms with Gasteiger partial charge in [-0.3, -0.25) is 14.3 Å². The number of carbonyl (C=O) groups is 2. The number of rotatable bonds is 6. The molecule has 2 heterocycles. The zero-order chi connectivity index (χ0) is 19.5. The van der Waals surface area contributed by atoms with E-state index in [9.17, 15) is 9.59 Å². The predicted octanol–water partition coefficient (Wildman–Crippen LogP) is 2.20.